The molecule has 0 saturated carbocycles. The molecule has 1 N–H and O–H groups in total. The van der Waals surface area contributed by atoms with Gasteiger partial charge in [-0.1, -0.05) is 34.1 Å². The Morgan fingerprint density at radius 2 is 1.58 bits per heavy atom. The normalized spacial score (nSPS) is 18.8. The number of hydrogen-bond acceptors (Lipinski definition) is 1. The van der Waals surface area contributed by atoms with Crippen molar-refractivity contribution in [2.75, 3.05) is 7.05 Å². The third-order valence-corrected chi connectivity index (χ3v) is 3.17. The van der Waals surface area contributed by atoms with Gasteiger partial charge in [0.25, 0.3) is 0 Å². The van der Waals surface area contributed by atoms with Crippen LogP contribution in [-0.2, 0) is 0 Å². The molecule has 0 rings (SSSR count). The first-order valence-corrected chi connectivity index (χ1v) is 5.32. The Morgan fingerprint density at radius 3 is 1.92 bits per heavy atom. The maximum atomic E-state index is 3.36. The van der Waals surface area contributed by atoms with E-state index in [0.29, 0.717) is 6.04 Å². The summed E-state index contributed by atoms with van der Waals surface area (Å²) < 4.78 is 0. The summed E-state index contributed by atoms with van der Waals surface area (Å²) >= 11 is 0. The highest BCUT2D eigenvalue weighted by atomic mass is 14.9. The minimum Gasteiger partial charge on any atom is -0.317 e. The Bertz CT molecular complexity index is 97.2. The molecule has 0 fully saturated rings. The SMILES string of the molecule is CCC(CC(C)C(C)CC)NC. The highest BCUT2D eigenvalue weighted by molar-refractivity contribution is 4.69. The molecule has 0 bridgehead atoms. The van der Waals surface area contributed by atoms with E-state index in [-0.39, 0.29) is 0 Å². The van der Waals surface area contributed by atoms with E-state index in [1.54, 1.807) is 0 Å². The molecule has 3 atom stereocenters. The predicted octanol–water partition coefficient (Wildman–Crippen LogP) is 3.06. The van der Waals surface area contributed by atoms with Crippen LogP contribution in [0, 0.1) is 11.8 Å². The van der Waals surface area contributed by atoms with Gasteiger partial charge in [0, 0.05) is 6.04 Å². The van der Waals surface area contributed by atoms with Crippen LogP contribution in [0.5, 0.6) is 0 Å². The smallest absolute Gasteiger partial charge is 0.00640 e. The van der Waals surface area contributed by atoms with Crippen LogP contribution >= 0.6 is 0 Å². The zero-order chi connectivity index (χ0) is 9.56. The summed E-state index contributed by atoms with van der Waals surface area (Å²) in [7, 11) is 2.07. The van der Waals surface area contributed by atoms with E-state index in [1.807, 2.05) is 0 Å². The minimum absolute atomic E-state index is 0.717. The molecule has 0 aromatic rings. The van der Waals surface area contributed by atoms with Crippen LogP contribution in [-0.4, -0.2) is 13.1 Å². The van der Waals surface area contributed by atoms with E-state index < -0.39 is 0 Å². The highest BCUT2D eigenvalue weighted by Crippen LogP contribution is 2.20. The van der Waals surface area contributed by atoms with Gasteiger partial charge in [-0.3, -0.25) is 0 Å². The van der Waals surface area contributed by atoms with Gasteiger partial charge in [-0.25, -0.2) is 0 Å². The number of rotatable bonds is 6. The van der Waals surface area contributed by atoms with E-state index in [1.165, 1.54) is 19.3 Å². The van der Waals surface area contributed by atoms with Crippen LogP contribution in [0.3, 0.4) is 0 Å². The van der Waals surface area contributed by atoms with Gasteiger partial charge in [-0.05, 0) is 31.7 Å². The van der Waals surface area contributed by atoms with E-state index in [4.69, 9.17) is 0 Å². The molecule has 0 aromatic carbocycles. The second-order valence-electron chi connectivity index (χ2n) is 3.99. The van der Waals surface area contributed by atoms with Crippen molar-refractivity contribution in [3.05, 3.63) is 0 Å². The largest absolute Gasteiger partial charge is 0.317 e. The van der Waals surface area contributed by atoms with Crippen LogP contribution in [0.25, 0.3) is 0 Å². The van der Waals surface area contributed by atoms with Crippen LogP contribution < -0.4 is 5.32 Å². The summed E-state index contributed by atoms with van der Waals surface area (Å²) in [5.74, 6) is 1.72. The lowest BCUT2D eigenvalue weighted by atomic mass is 9.87. The number of hydrogen-bond donors (Lipinski definition) is 1. The Labute approximate surface area is 77.9 Å². The van der Waals surface area contributed by atoms with E-state index in [0.717, 1.165) is 11.8 Å². The molecule has 0 spiro atoms. The molecule has 0 amide bonds. The molecular formula is C11H25N. The summed E-state index contributed by atoms with van der Waals surface area (Å²) in [5, 5.41) is 3.36. The summed E-state index contributed by atoms with van der Waals surface area (Å²) in [6.07, 6.45) is 3.88. The quantitative estimate of drug-likeness (QED) is 0.647. The molecule has 12 heavy (non-hydrogen) atoms. The fourth-order valence-electron chi connectivity index (χ4n) is 1.57. The molecule has 0 saturated heterocycles. The molecule has 0 aliphatic heterocycles. The lowest BCUT2D eigenvalue weighted by molar-refractivity contribution is 0.311. The molecule has 0 aliphatic rings. The minimum atomic E-state index is 0.717. The lowest BCUT2D eigenvalue weighted by Gasteiger charge is -2.23. The molecule has 0 aromatic heterocycles. The monoisotopic (exact) mass is 171 g/mol. The van der Waals surface area contributed by atoms with Gasteiger partial charge in [0.05, 0.1) is 0 Å². The van der Waals surface area contributed by atoms with Gasteiger partial charge in [-0.15, -0.1) is 0 Å². The number of nitrogens with one attached hydrogen (secondary N) is 1. The van der Waals surface area contributed by atoms with Crippen LogP contribution in [0.15, 0.2) is 0 Å². The molecule has 1 heteroatoms. The third-order valence-electron chi connectivity index (χ3n) is 3.17. The van der Waals surface area contributed by atoms with Crippen LogP contribution in [0.2, 0.25) is 0 Å². The predicted molar refractivity (Wildman–Crippen MR) is 56.4 cm³/mol. The van der Waals surface area contributed by atoms with Gasteiger partial charge in [0.1, 0.15) is 0 Å². The maximum absolute atomic E-state index is 3.36. The zero-order valence-electron chi connectivity index (χ0n) is 9.35. The van der Waals surface area contributed by atoms with Gasteiger partial charge in [0.15, 0.2) is 0 Å². The van der Waals surface area contributed by atoms with Gasteiger partial charge in [-0.2, -0.15) is 0 Å². The van der Waals surface area contributed by atoms with E-state index in [9.17, 15) is 0 Å². The molecule has 0 aliphatic carbocycles. The first-order valence-electron chi connectivity index (χ1n) is 5.32. The van der Waals surface area contributed by atoms with Crippen molar-refractivity contribution in [3.63, 3.8) is 0 Å². The standard InChI is InChI=1S/C11H25N/c1-6-9(3)10(4)8-11(7-2)12-5/h9-12H,6-8H2,1-5H3. The second-order valence-corrected chi connectivity index (χ2v) is 3.99. The third kappa shape index (κ3) is 4.10. The fraction of sp³-hybridized carbons (Fsp3) is 1.00. The average Bonchev–Trinajstić information content (AvgIpc) is 2.12. The molecule has 0 radical (unpaired) electrons. The van der Waals surface area contributed by atoms with E-state index >= 15 is 0 Å². The zero-order valence-corrected chi connectivity index (χ0v) is 9.35. The van der Waals surface area contributed by atoms with E-state index in [2.05, 4.69) is 40.1 Å². The maximum Gasteiger partial charge on any atom is 0.00640 e. The lowest BCUT2D eigenvalue weighted by Crippen LogP contribution is -2.28. The van der Waals surface area contributed by atoms with Crippen molar-refractivity contribution in [3.8, 4) is 0 Å². The Hall–Kier alpha value is -0.0400. The molecule has 1 nitrogen and oxygen atoms in total. The first kappa shape index (κ1) is 12.0. The van der Waals surface area contributed by atoms with Crippen LogP contribution in [0.4, 0.5) is 0 Å². The molecule has 0 heterocycles. The van der Waals surface area contributed by atoms with Crippen molar-refractivity contribution < 1.29 is 0 Å². The first-order chi connectivity index (χ1) is 5.65. The van der Waals surface area contributed by atoms with Gasteiger partial charge >= 0.3 is 0 Å². The van der Waals surface area contributed by atoms with Gasteiger partial charge < -0.3 is 5.32 Å². The highest BCUT2D eigenvalue weighted by Gasteiger charge is 2.14. The molecule has 74 valence electrons. The fourth-order valence-corrected chi connectivity index (χ4v) is 1.57. The van der Waals surface area contributed by atoms with Crippen molar-refractivity contribution >= 4 is 0 Å². The van der Waals surface area contributed by atoms with Crippen molar-refractivity contribution in [2.24, 2.45) is 11.8 Å². The Kier molecular flexibility index (Phi) is 6.45. The van der Waals surface area contributed by atoms with Crippen molar-refractivity contribution in [2.45, 2.75) is 53.0 Å². The van der Waals surface area contributed by atoms with Crippen molar-refractivity contribution in [1.82, 2.24) is 5.32 Å². The van der Waals surface area contributed by atoms with Crippen molar-refractivity contribution in [1.29, 1.82) is 0 Å². The Balaban J connectivity index is 3.72. The van der Waals surface area contributed by atoms with Gasteiger partial charge in [0.2, 0.25) is 0 Å². The summed E-state index contributed by atoms with van der Waals surface area (Å²) in [4.78, 5) is 0. The summed E-state index contributed by atoms with van der Waals surface area (Å²) in [6, 6.07) is 0.717. The Morgan fingerprint density at radius 1 is 1.00 bits per heavy atom. The second kappa shape index (κ2) is 6.47. The molecular weight excluding hydrogens is 146 g/mol. The summed E-state index contributed by atoms with van der Waals surface area (Å²) in [6.45, 7) is 9.26. The summed E-state index contributed by atoms with van der Waals surface area (Å²) in [5.41, 5.74) is 0. The average molecular weight is 171 g/mol. The van der Waals surface area contributed by atoms with Crippen LogP contribution in [0.1, 0.15) is 47.0 Å². The molecule has 3 unspecified atom stereocenters. The topological polar surface area (TPSA) is 12.0 Å².